The molecule has 1 nitrogen and oxygen atoms in total. The van der Waals surface area contributed by atoms with E-state index in [4.69, 9.17) is 5.73 Å². The van der Waals surface area contributed by atoms with Gasteiger partial charge in [-0.15, -0.1) is 0 Å². The predicted octanol–water partition coefficient (Wildman–Crippen LogP) is 2.33. The van der Waals surface area contributed by atoms with E-state index in [1.54, 1.807) is 12.1 Å². The highest BCUT2D eigenvalue weighted by Crippen LogP contribution is 2.31. The molecule has 0 saturated heterocycles. The summed E-state index contributed by atoms with van der Waals surface area (Å²) in [5.41, 5.74) is 6.86. The third-order valence-electron chi connectivity index (χ3n) is 2.55. The Labute approximate surface area is 77.1 Å². The Balaban J connectivity index is 2.30. The molecule has 0 unspecified atom stereocenters. The normalized spacial score (nSPS) is 19.2. The molecule has 0 spiro atoms. The van der Waals surface area contributed by atoms with Crippen molar-refractivity contribution < 1.29 is 4.39 Å². The van der Waals surface area contributed by atoms with E-state index in [-0.39, 0.29) is 11.4 Å². The highest BCUT2D eigenvalue weighted by atomic mass is 19.1. The summed E-state index contributed by atoms with van der Waals surface area (Å²) in [6.45, 7) is 0. The molecule has 2 rings (SSSR count). The monoisotopic (exact) mass is 177 g/mol. The van der Waals surface area contributed by atoms with Gasteiger partial charge >= 0.3 is 0 Å². The second-order valence-corrected chi connectivity index (χ2v) is 3.54. The zero-order chi connectivity index (χ0) is 9.31. The Morgan fingerprint density at radius 3 is 2.15 bits per heavy atom. The lowest BCUT2D eigenvalue weighted by atomic mass is 9.89. The molecule has 0 fully saturated rings. The molecule has 0 amide bonds. The van der Waals surface area contributed by atoms with E-state index in [1.807, 2.05) is 0 Å². The first-order valence-corrected chi connectivity index (χ1v) is 4.41. The molecule has 2 heteroatoms. The molecule has 0 atom stereocenters. The average molecular weight is 177 g/mol. The number of benzene rings is 1. The standard InChI is InChI=1S/C11H12FN/c12-10-5-3-9(4-6-10)11(13)7-1-2-8-11/h1-6H,7-8,13H2. The Kier molecular flexibility index (Phi) is 1.93. The van der Waals surface area contributed by atoms with Crippen LogP contribution in [0.2, 0.25) is 0 Å². The molecular formula is C11H12FN. The molecule has 0 heterocycles. The van der Waals surface area contributed by atoms with Gasteiger partial charge in [-0.1, -0.05) is 24.3 Å². The minimum Gasteiger partial charge on any atom is -0.321 e. The van der Waals surface area contributed by atoms with Crippen molar-refractivity contribution in [2.75, 3.05) is 0 Å². The molecule has 13 heavy (non-hydrogen) atoms. The fraction of sp³-hybridized carbons (Fsp3) is 0.273. The molecule has 1 aromatic carbocycles. The highest BCUT2D eigenvalue weighted by molar-refractivity contribution is 5.28. The molecule has 0 aliphatic heterocycles. The van der Waals surface area contributed by atoms with E-state index >= 15 is 0 Å². The van der Waals surface area contributed by atoms with Gasteiger partial charge in [-0.05, 0) is 30.5 Å². The second-order valence-electron chi connectivity index (χ2n) is 3.54. The van der Waals surface area contributed by atoms with Gasteiger partial charge in [0.2, 0.25) is 0 Å². The van der Waals surface area contributed by atoms with Crippen LogP contribution in [-0.4, -0.2) is 0 Å². The summed E-state index contributed by atoms with van der Waals surface area (Å²) in [6, 6.07) is 6.45. The van der Waals surface area contributed by atoms with Crippen molar-refractivity contribution in [3.8, 4) is 0 Å². The van der Waals surface area contributed by atoms with Gasteiger partial charge in [0.05, 0.1) is 0 Å². The van der Waals surface area contributed by atoms with E-state index < -0.39 is 0 Å². The van der Waals surface area contributed by atoms with Crippen molar-refractivity contribution in [2.24, 2.45) is 5.73 Å². The molecule has 1 aliphatic carbocycles. The largest absolute Gasteiger partial charge is 0.321 e. The predicted molar refractivity (Wildman–Crippen MR) is 50.6 cm³/mol. The molecule has 0 aromatic heterocycles. The van der Waals surface area contributed by atoms with Crippen LogP contribution < -0.4 is 5.73 Å². The summed E-state index contributed by atoms with van der Waals surface area (Å²) in [5.74, 6) is -0.210. The van der Waals surface area contributed by atoms with E-state index in [2.05, 4.69) is 12.2 Å². The average Bonchev–Trinajstić information content (AvgIpc) is 2.54. The van der Waals surface area contributed by atoms with Gasteiger partial charge in [0, 0.05) is 5.54 Å². The van der Waals surface area contributed by atoms with Gasteiger partial charge in [0.1, 0.15) is 5.82 Å². The minimum absolute atomic E-state index is 0.210. The molecule has 68 valence electrons. The van der Waals surface area contributed by atoms with Gasteiger partial charge in [0.25, 0.3) is 0 Å². The first kappa shape index (κ1) is 8.45. The van der Waals surface area contributed by atoms with E-state index in [0.717, 1.165) is 18.4 Å². The number of nitrogens with two attached hydrogens (primary N) is 1. The van der Waals surface area contributed by atoms with Crippen LogP contribution in [0.5, 0.6) is 0 Å². The molecule has 0 bridgehead atoms. The Morgan fingerprint density at radius 2 is 1.62 bits per heavy atom. The van der Waals surface area contributed by atoms with Crippen molar-refractivity contribution in [1.29, 1.82) is 0 Å². The summed E-state index contributed by atoms with van der Waals surface area (Å²) in [7, 11) is 0. The third-order valence-corrected chi connectivity index (χ3v) is 2.55. The number of hydrogen-bond acceptors (Lipinski definition) is 1. The van der Waals surface area contributed by atoms with E-state index in [1.165, 1.54) is 12.1 Å². The Hall–Kier alpha value is -1.15. The van der Waals surface area contributed by atoms with Gasteiger partial charge in [-0.3, -0.25) is 0 Å². The zero-order valence-corrected chi connectivity index (χ0v) is 7.33. The molecule has 2 N–H and O–H groups in total. The number of rotatable bonds is 1. The summed E-state index contributed by atoms with van der Waals surface area (Å²) < 4.78 is 12.6. The van der Waals surface area contributed by atoms with Crippen LogP contribution in [0, 0.1) is 5.82 Å². The molecule has 0 saturated carbocycles. The first-order valence-electron chi connectivity index (χ1n) is 4.41. The van der Waals surface area contributed by atoms with Crippen LogP contribution >= 0.6 is 0 Å². The lowest BCUT2D eigenvalue weighted by molar-refractivity contribution is 0.479. The van der Waals surface area contributed by atoms with E-state index in [0.29, 0.717) is 0 Å². The quantitative estimate of drug-likeness (QED) is 0.654. The summed E-state index contributed by atoms with van der Waals surface area (Å²) in [6.07, 6.45) is 5.84. The van der Waals surface area contributed by atoms with Gasteiger partial charge in [0.15, 0.2) is 0 Å². The maximum absolute atomic E-state index is 12.6. The molecule has 0 radical (unpaired) electrons. The lowest BCUT2D eigenvalue weighted by Gasteiger charge is -2.23. The highest BCUT2D eigenvalue weighted by Gasteiger charge is 2.27. The Bertz CT molecular complexity index is 318. The SMILES string of the molecule is NC1(c2ccc(F)cc2)CC=CC1. The maximum Gasteiger partial charge on any atom is 0.123 e. The fourth-order valence-corrected chi connectivity index (χ4v) is 1.69. The Morgan fingerprint density at radius 1 is 1.08 bits per heavy atom. The summed E-state index contributed by atoms with van der Waals surface area (Å²) >= 11 is 0. The minimum atomic E-state index is -0.298. The van der Waals surface area contributed by atoms with Gasteiger partial charge < -0.3 is 5.73 Å². The molecule has 1 aromatic rings. The van der Waals surface area contributed by atoms with Crippen molar-refractivity contribution in [2.45, 2.75) is 18.4 Å². The van der Waals surface area contributed by atoms with Crippen molar-refractivity contribution in [3.05, 3.63) is 47.8 Å². The maximum atomic E-state index is 12.6. The number of halogens is 1. The van der Waals surface area contributed by atoms with Crippen molar-refractivity contribution >= 4 is 0 Å². The second kappa shape index (κ2) is 2.96. The van der Waals surface area contributed by atoms with Crippen LogP contribution in [0.1, 0.15) is 18.4 Å². The first-order chi connectivity index (χ1) is 6.21. The summed E-state index contributed by atoms with van der Waals surface area (Å²) in [4.78, 5) is 0. The van der Waals surface area contributed by atoms with E-state index in [9.17, 15) is 4.39 Å². The van der Waals surface area contributed by atoms with Crippen LogP contribution in [0.15, 0.2) is 36.4 Å². The van der Waals surface area contributed by atoms with Crippen LogP contribution in [0.25, 0.3) is 0 Å². The topological polar surface area (TPSA) is 26.0 Å². The van der Waals surface area contributed by atoms with Crippen molar-refractivity contribution in [3.63, 3.8) is 0 Å². The fourth-order valence-electron chi connectivity index (χ4n) is 1.69. The summed E-state index contributed by atoms with van der Waals surface area (Å²) in [5, 5.41) is 0. The number of hydrogen-bond donors (Lipinski definition) is 1. The smallest absolute Gasteiger partial charge is 0.123 e. The third kappa shape index (κ3) is 1.49. The zero-order valence-electron chi connectivity index (χ0n) is 7.33. The van der Waals surface area contributed by atoms with Gasteiger partial charge in [-0.2, -0.15) is 0 Å². The van der Waals surface area contributed by atoms with Crippen molar-refractivity contribution in [1.82, 2.24) is 0 Å². The molecular weight excluding hydrogens is 165 g/mol. The van der Waals surface area contributed by atoms with Crippen LogP contribution in [0.3, 0.4) is 0 Å². The molecule has 1 aliphatic rings. The van der Waals surface area contributed by atoms with Gasteiger partial charge in [-0.25, -0.2) is 4.39 Å². The lowest BCUT2D eigenvalue weighted by Crippen LogP contribution is -2.33. The van der Waals surface area contributed by atoms with Crippen LogP contribution in [-0.2, 0) is 5.54 Å². The van der Waals surface area contributed by atoms with Crippen LogP contribution in [0.4, 0.5) is 4.39 Å².